The Labute approximate surface area is 169 Å². The number of para-hydroxylation sites is 1. The highest BCUT2D eigenvalue weighted by atomic mass is 16.5. The minimum Gasteiger partial charge on any atom is -0.504 e. The number of benzene rings is 3. The van der Waals surface area contributed by atoms with Crippen LogP contribution in [0, 0.1) is 0 Å². The van der Waals surface area contributed by atoms with Crippen molar-refractivity contribution in [3.05, 3.63) is 95.1 Å². The van der Waals surface area contributed by atoms with Crippen LogP contribution < -0.4 is 10.1 Å². The Morgan fingerprint density at radius 2 is 1.69 bits per heavy atom. The Morgan fingerprint density at radius 3 is 2.45 bits per heavy atom. The molecule has 0 fully saturated rings. The number of aromatic hydroxyl groups is 1. The maximum atomic E-state index is 12.8. The van der Waals surface area contributed by atoms with Crippen LogP contribution in [0.1, 0.15) is 40.9 Å². The molecule has 0 amide bonds. The molecule has 0 bridgehead atoms. The molecule has 5 rings (SSSR count). The standard InChI is InChI=1S/C25H21NO3/c1-24(2)19-10-6-7-11-20(19)26-25(24)13-12-17-14-18(15-21(27)23(17)29-25)22(28)16-8-4-3-5-9-16/h3-15,26-27H,1-2H3. The summed E-state index contributed by atoms with van der Waals surface area (Å²) in [6.07, 6.45) is 3.90. The van der Waals surface area contributed by atoms with Crippen molar-refractivity contribution in [3.63, 3.8) is 0 Å². The molecule has 4 nitrogen and oxygen atoms in total. The third-order valence-electron chi connectivity index (χ3n) is 6.01. The summed E-state index contributed by atoms with van der Waals surface area (Å²) in [4.78, 5) is 12.8. The Kier molecular flexibility index (Phi) is 3.62. The molecule has 0 radical (unpaired) electrons. The molecule has 0 aromatic heterocycles. The number of hydrogen-bond donors (Lipinski definition) is 2. The quantitative estimate of drug-likeness (QED) is 0.603. The summed E-state index contributed by atoms with van der Waals surface area (Å²) < 4.78 is 6.39. The zero-order chi connectivity index (χ0) is 20.2. The topological polar surface area (TPSA) is 58.6 Å². The van der Waals surface area contributed by atoms with Gasteiger partial charge in [-0.1, -0.05) is 48.5 Å². The van der Waals surface area contributed by atoms with Gasteiger partial charge in [0, 0.05) is 22.4 Å². The lowest BCUT2D eigenvalue weighted by Gasteiger charge is -2.41. The molecule has 0 saturated heterocycles. The average Bonchev–Trinajstić information content (AvgIpc) is 2.95. The fourth-order valence-electron chi connectivity index (χ4n) is 4.26. The van der Waals surface area contributed by atoms with Gasteiger partial charge in [-0.3, -0.25) is 4.79 Å². The van der Waals surface area contributed by atoms with Crippen molar-refractivity contribution in [1.82, 2.24) is 0 Å². The van der Waals surface area contributed by atoms with Crippen LogP contribution >= 0.6 is 0 Å². The van der Waals surface area contributed by atoms with Crippen molar-refractivity contribution in [2.75, 3.05) is 5.32 Å². The molecule has 144 valence electrons. The van der Waals surface area contributed by atoms with Gasteiger partial charge in [0.25, 0.3) is 0 Å². The summed E-state index contributed by atoms with van der Waals surface area (Å²) in [7, 11) is 0. The number of carbonyl (C=O) groups is 1. The minimum atomic E-state index is -0.813. The van der Waals surface area contributed by atoms with Gasteiger partial charge in [-0.25, -0.2) is 0 Å². The van der Waals surface area contributed by atoms with E-state index < -0.39 is 5.72 Å². The number of anilines is 1. The molecule has 2 aliphatic heterocycles. The van der Waals surface area contributed by atoms with E-state index in [0.29, 0.717) is 22.4 Å². The largest absolute Gasteiger partial charge is 0.504 e. The van der Waals surface area contributed by atoms with Gasteiger partial charge in [0.2, 0.25) is 5.72 Å². The van der Waals surface area contributed by atoms with Crippen LogP contribution in [-0.2, 0) is 5.41 Å². The van der Waals surface area contributed by atoms with Crippen molar-refractivity contribution in [2.24, 2.45) is 0 Å². The highest BCUT2D eigenvalue weighted by Crippen LogP contribution is 2.52. The number of rotatable bonds is 2. The average molecular weight is 383 g/mol. The summed E-state index contributed by atoms with van der Waals surface area (Å²) in [6, 6.07) is 20.4. The first-order valence-corrected chi connectivity index (χ1v) is 9.64. The van der Waals surface area contributed by atoms with Crippen LogP contribution in [0.5, 0.6) is 11.5 Å². The minimum absolute atomic E-state index is 0.0425. The van der Waals surface area contributed by atoms with Gasteiger partial charge in [-0.15, -0.1) is 0 Å². The lowest BCUT2D eigenvalue weighted by Crippen LogP contribution is -2.53. The second-order valence-electron chi connectivity index (χ2n) is 8.08. The molecule has 2 N–H and O–H groups in total. The van der Waals surface area contributed by atoms with Crippen LogP contribution in [-0.4, -0.2) is 16.6 Å². The van der Waals surface area contributed by atoms with Crippen molar-refractivity contribution < 1.29 is 14.6 Å². The molecule has 0 saturated carbocycles. The Balaban J connectivity index is 1.55. The molecule has 2 heterocycles. The van der Waals surface area contributed by atoms with E-state index in [1.54, 1.807) is 18.2 Å². The lowest BCUT2D eigenvalue weighted by atomic mass is 9.76. The Morgan fingerprint density at radius 1 is 0.966 bits per heavy atom. The van der Waals surface area contributed by atoms with E-state index in [1.807, 2.05) is 48.6 Å². The predicted molar refractivity (Wildman–Crippen MR) is 113 cm³/mol. The second-order valence-corrected chi connectivity index (χ2v) is 8.08. The number of ketones is 1. The van der Waals surface area contributed by atoms with E-state index in [-0.39, 0.29) is 16.9 Å². The predicted octanol–water partition coefficient (Wildman–Crippen LogP) is 5.13. The molecule has 3 aromatic carbocycles. The third kappa shape index (κ3) is 2.49. The highest BCUT2D eigenvalue weighted by Gasteiger charge is 2.54. The van der Waals surface area contributed by atoms with Gasteiger partial charge < -0.3 is 15.2 Å². The summed E-state index contributed by atoms with van der Waals surface area (Å²) >= 11 is 0. The first-order chi connectivity index (χ1) is 13.9. The van der Waals surface area contributed by atoms with E-state index in [0.717, 1.165) is 11.3 Å². The third-order valence-corrected chi connectivity index (χ3v) is 6.01. The van der Waals surface area contributed by atoms with E-state index >= 15 is 0 Å². The van der Waals surface area contributed by atoms with Crippen LogP contribution in [0.4, 0.5) is 5.69 Å². The molecular weight excluding hydrogens is 362 g/mol. The fraction of sp³-hybridized carbons (Fsp3) is 0.160. The van der Waals surface area contributed by atoms with Gasteiger partial charge in [0.15, 0.2) is 17.3 Å². The zero-order valence-corrected chi connectivity index (χ0v) is 16.3. The van der Waals surface area contributed by atoms with Gasteiger partial charge in [-0.2, -0.15) is 0 Å². The van der Waals surface area contributed by atoms with Crippen LogP contribution in [0.25, 0.3) is 6.08 Å². The first kappa shape index (κ1) is 17.6. The Bertz CT molecular complexity index is 1160. The van der Waals surface area contributed by atoms with Crippen molar-refractivity contribution in [2.45, 2.75) is 25.0 Å². The van der Waals surface area contributed by atoms with Crippen molar-refractivity contribution >= 4 is 17.5 Å². The molecule has 1 spiro atoms. The van der Waals surface area contributed by atoms with E-state index in [9.17, 15) is 9.90 Å². The first-order valence-electron chi connectivity index (χ1n) is 9.64. The molecular formula is C25H21NO3. The molecule has 1 atom stereocenters. The number of phenols is 1. The van der Waals surface area contributed by atoms with E-state index in [2.05, 4.69) is 25.2 Å². The van der Waals surface area contributed by atoms with Crippen molar-refractivity contribution in [1.29, 1.82) is 0 Å². The zero-order valence-electron chi connectivity index (χ0n) is 16.3. The Hall–Kier alpha value is -3.53. The normalized spacial score (nSPS) is 20.5. The van der Waals surface area contributed by atoms with Gasteiger partial charge in [-0.05, 0) is 49.8 Å². The lowest BCUT2D eigenvalue weighted by molar-refractivity contribution is 0.0789. The van der Waals surface area contributed by atoms with Crippen LogP contribution in [0.3, 0.4) is 0 Å². The SMILES string of the molecule is CC1(C)c2ccccc2NC12C=Cc1cc(C(=O)c3ccccc3)cc(O)c1O2. The summed E-state index contributed by atoms with van der Waals surface area (Å²) in [5.74, 6) is 0.202. The fourth-order valence-corrected chi connectivity index (χ4v) is 4.26. The molecule has 0 aliphatic carbocycles. The smallest absolute Gasteiger partial charge is 0.209 e. The highest BCUT2D eigenvalue weighted by molar-refractivity contribution is 6.09. The molecule has 3 aromatic rings. The van der Waals surface area contributed by atoms with Crippen molar-refractivity contribution in [3.8, 4) is 11.5 Å². The van der Waals surface area contributed by atoms with E-state index in [1.165, 1.54) is 6.07 Å². The number of fused-ring (bicyclic) bond motifs is 2. The molecule has 2 aliphatic rings. The van der Waals surface area contributed by atoms with Gasteiger partial charge >= 0.3 is 0 Å². The summed E-state index contributed by atoms with van der Waals surface area (Å²) in [6.45, 7) is 4.23. The number of phenolic OH excluding ortho intramolecular Hbond substituents is 1. The second kappa shape index (κ2) is 5.98. The van der Waals surface area contributed by atoms with E-state index in [4.69, 9.17) is 4.74 Å². The maximum Gasteiger partial charge on any atom is 0.209 e. The molecule has 29 heavy (non-hydrogen) atoms. The number of carbonyl (C=O) groups excluding carboxylic acids is 1. The van der Waals surface area contributed by atoms with Gasteiger partial charge in [0.05, 0.1) is 5.41 Å². The summed E-state index contributed by atoms with van der Waals surface area (Å²) in [5, 5.41) is 14.2. The summed E-state index contributed by atoms with van der Waals surface area (Å²) in [5.41, 5.74) is 2.69. The maximum absolute atomic E-state index is 12.8. The van der Waals surface area contributed by atoms with Crippen LogP contribution in [0.2, 0.25) is 0 Å². The molecule has 4 heteroatoms. The molecule has 1 unspecified atom stereocenters. The van der Waals surface area contributed by atoms with Gasteiger partial charge in [0.1, 0.15) is 0 Å². The number of ether oxygens (including phenoxy) is 1. The number of nitrogens with one attached hydrogen (secondary N) is 1. The number of hydrogen-bond acceptors (Lipinski definition) is 4. The van der Waals surface area contributed by atoms with Crippen LogP contribution in [0.15, 0.2) is 72.8 Å². The monoisotopic (exact) mass is 383 g/mol.